The van der Waals surface area contributed by atoms with E-state index < -0.39 is 5.97 Å². The van der Waals surface area contributed by atoms with Gasteiger partial charge in [-0.05, 0) is 80.3 Å². The van der Waals surface area contributed by atoms with E-state index in [2.05, 4.69) is 27.7 Å². The van der Waals surface area contributed by atoms with E-state index in [1.807, 2.05) is 19.1 Å². The quantitative estimate of drug-likeness (QED) is 0.293. The molecule has 1 aromatic rings. The van der Waals surface area contributed by atoms with E-state index in [0.717, 1.165) is 49.0 Å². The van der Waals surface area contributed by atoms with Crippen LogP contribution < -0.4 is 4.74 Å². The predicted molar refractivity (Wildman–Crippen MR) is 126 cm³/mol. The molecule has 3 aliphatic carbocycles. The standard InChI is InChI=1S/C26H36BNO5/c1-6-7-13-31-24(29)23-17(2)18(8-9-20(23)30-14-12-28)10-11-27-32-22-16-19-15-21(25(19,3)4)26(22,5)33-27/h8-9,19,21-22H,6-7,10-11,13-16H2,1-5H3/t19?,21?,22?,26-/m0/s1. The third kappa shape index (κ3) is 4.28. The summed E-state index contributed by atoms with van der Waals surface area (Å²) in [7, 11) is -0.232. The van der Waals surface area contributed by atoms with Crippen LogP contribution in [0.2, 0.25) is 6.32 Å². The molecule has 0 spiro atoms. The van der Waals surface area contributed by atoms with Crippen LogP contribution in [0.3, 0.4) is 0 Å². The van der Waals surface area contributed by atoms with E-state index in [4.69, 9.17) is 24.0 Å². The largest absolute Gasteiger partial charge is 0.478 e. The molecule has 178 valence electrons. The molecule has 2 bridgehead atoms. The number of aryl methyl sites for hydroxylation is 1. The van der Waals surface area contributed by atoms with Crippen molar-refractivity contribution in [2.24, 2.45) is 17.3 Å². The van der Waals surface area contributed by atoms with E-state index in [1.54, 1.807) is 6.07 Å². The van der Waals surface area contributed by atoms with Gasteiger partial charge >= 0.3 is 13.1 Å². The Balaban J connectivity index is 1.46. The molecule has 6 nitrogen and oxygen atoms in total. The lowest BCUT2D eigenvalue weighted by atomic mass is 9.43. The predicted octanol–water partition coefficient (Wildman–Crippen LogP) is 5.13. The van der Waals surface area contributed by atoms with Crippen molar-refractivity contribution in [1.82, 2.24) is 0 Å². The molecule has 33 heavy (non-hydrogen) atoms. The summed E-state index contributed by atoms with van der Waals surface area (Å²) in [5.41, 5.74) is 2.40. The topological polar surface area (TPSA) is 77.8 Å². The van der Waals surface area contributed by atoms with Gasteiger partial charge in [0, 0.05) is 0 Å². The van der Waals surface area contributed by atoms with Crippen LogP contribution in [0, 0.1) is 35.5 Å². The van der Waals surface area contributed by atoms with Crippen molar-refractivity contribution in [3.63, 3.8) is 0 Å². The average molecular weight is 453 g/mol. The van der Waals surface area contributed by atoms with Crippen LogP contribution in [0.5, 0.6) is 5.75 Å². The van der Waals surface area contributed by atoms with Crippen LogP contribution in [-0.4, -0.2) is 38.0 Å². The molecule has 7 heteroatoms. The minimum atomic E-state index is -0.398. The molecule has 4 fully saturated rings. The van der Waals surface area contributed by atoms with E-state index in [9.17, 15) is 4.79 Å². The van der Waals surface area contributed by atoms with Crippen LogP contribution in [-0.2, 0) is 20.5 Å². The normalized spacial score (nSPS) is 29.1. The number of benzene rings is 1. The number of nitrogens with zero attached hydrogens (tertiary/aromatic N) is 1. The number of carbonyl (C=O) groups is 1. The SMILES string of the molecule is CCCCOC(=O)c1c(OCC#N)ccc(CCB2OC3CC4CC(C4(C)C)[C@]3(C)O2)c1C. The first kappa shape index (κ1) is 24.1. The molecule has 3 unspecified atom stereocenters. The lowest BCUT2D eigenvalue weighted by Gasteiger charge is -2.64. The molecule has 1 aliphatic heterocycles. The second-order valence-corrected chi connectivity index (χ2v) is 10.6. The number of carbonyl (C=O) groups excluding carboxylic acids is 1. The maximum Gasteiger partial charge on any atom is 0.457 e. The maximum atomic E-state index is 12.8. The zero-order chi connectivity index (χ0) is 23.8. The summed E-state index contributed by atoms with van der Waals surface area (Å²) in [6, 6.07) is 5.70. The number of hydrogen-bond donors (Lipinski definition) is 0. The lowest BCUT2D eigenvalue weighted by Crippen LogP contribution is -2.65. The molecular weight excluding hydrogens is 417 g/mol. The van der Waals surface area contributed by atoms with Gasteiger partial charge in [-0.3, -0.25) is 0 Å². The smallest absolute Gasteiger partial charge is 0.457 e. The molecule has 1 saturated heterocycles. The highest BCUT2D eigenvalue weighted by molar-refractivity contribution is 6.45. The van der Waals surface area contributed by atoms with Gasteiger partial charge in [-0.25, -0.2) is 4.79 Å². The van der Waals surface area contributed by atoms with Crippen LogP contribution in [0.15, 0.2) is 12.1 Å². The molecule has 1 aromatic carbocycles. The summed E-state index contributed by atoms with van der Waals surface area (Å²) >= 11 is 0. The molecule has 4 atom stereocenters. The second kappa shape index (κ2) is 9.31. The molecule has 0 amide bonds. The number of esters is 1. The molecular formula is C26H36BNO5. The first-order valence-electron chi connectivity index (χ1n) is 12.3. The van der Waals surface area contributed by atoms with Crippen molar-refractivity contribution in [3.05, 3.63) is 28.8 Å². The van der Waals surface area contributed by atoms with E-state index in [0.29, 0.717) is 29.3 Å². The fourth-order valence-electron chi connectivity index (χ4n) is 6.21. The fourth-order valence-corrected chi connectivity index (χ4v) is 6.21. The number of hydrogen-bond acceptors (Lipinski definition) is 6. The summed E-state index contributed by atoms with van der Waals surface area (Å²) in [4.78, 5) is 12.8. The maximum absolute atomic E-state index is 12.8. The number of nitriles is 1. The van der Waals surface area contributed by atoms with Gasteiger partial charge in [0.05, 0.1) is 18.3 Å². The molecule has 0 aromatic heterocycles. The van der Waals surface area contributed by atoms with Crippen LogP contribution in [0.1, 0.15) is 74.9 Å². The summed E-state index contributed by atoms with van der Waals surface area (Å²) in [5.74, 6) is 1.27. The van der Waals surface area contributed by atoms with E-state index in [-0.39, 0.29) is 25.4 Å². The zero-order valence-corrected chi connectivity index (χ0v) is 20.6. The first-order chi connectivity index (χ1) is 15.7. The van der Waals surface area contributed by atoms with Crippen molar-refractivity contribution in [2.45, 2.75) is 84.7 Å². The molecule has 0 radical (unpaired) electrons. The highest BCUT2D eigenvalue weighted by Crippen LogP contribution is 2.65. The average Bonchev–Trinajstić information content (AvgIpc) is 3.12. The Morgan fingerprint density at radius 3 is 2.79 bits per heavy atom. The Labute approximate surface area is 198 Å². The summed E-state index contributed by atoms with van der Waals surface area (Å²) in [6.07, 6.45) is 5.71. The Hall–Kier alpha value is -2.04. The third-order valence-electron chi connectivity index (χ3n) is 8.42. The number of rotatable bonds is 9. The highest BCUT2D eigenvalue weighted by Gasteiger charge is 2.67. The Morgan fingerprint density at radius 1 is 1.30 bits per heavy atom. The van der Waals surface area contributed by atoms with Gasteiger partial charge < -0.3 is 18.8 Å². The Bertz CT molecular complexity index is 941. The van der Waals surface area contributed by atoms with Gasteiger partial charge in [-0.15, -0.1) is 0 Å². The van der Waals surface area contributed by atoms with Crippen molar-refractivity contribution >= 4 is 13.1 Å². The number of unbranched alkanes of at least 4 members (excludes halogenated alkanes) is 1. The Morgan fingerprint density at radius 2 is 2.09 bits per heavy atom. The lowest BCUT2D eigenvalue weighted by molar-refractivity contribution is -0.199. The highest BCUT2D eigenvalue weighted by atomic mass is 16.7. The molecule has 5 rings (SSSR count). The minimum Gasteiger partial charge on any atom is -0.478 e. The third-order valence-corrected chi connectivity index (χ3v) is 8.42. The van der Waals surface area contributed by atoms with Crippen molar-refractivity contribution in [3.8, 4) is 11.8 Å². The van der Waals surface area contributed by atoms with Gasteiger partial charge in [-0.2, -0.15) is 5.26 Å². The summed E-state index contributed by atoms with van der Waals surface area (Å²) in [6.45, 7) is 11.2. The molecule has 4 aliphatic rings. The van der Waals surface area contributed by atoms with Crippen molar-refractivity contribution in [2.75, 3.05) is 13.2 Å². The first-order valence-corrected chi connectivity index (χ1v) is 12.3. The van der Waals surface area contributed by atoms with Crippen molar-refractivity contribution < 1.29 is 23.6 Å². The van der Waals surface area contributed by atoms with E-state index in [1.165, 1.54) is 6.42 Å². The van der Waals surface area contributed by atoms with E-state index >= 15 is 0 Å². The van der Waals surface area contributed by atoms with Gasteiger partial charge in [0.25, 0.3) is 0 Å². The van der Waals surface area contributed by atoms with Gasteiger partial charge in [-0.1, -0.05) is 33.3 Å². The molecule has 3 saturated carbocycles. The second-order valence-electron chi connectivity index (χ2n) is 10.6. The Kier molecular flexibility index (Phi) is 6.80. The van der Waals surface area contributed by atoms with Gasteiger partial charge in [0.15, 0.2) is 6.61 Å². The summed E-state index contributed by atoms with van der Waals surface area (Å²) in [5, 5.41) is 8.90. The molecule has 0 N–H and O–H groups in total. The minimum absolute atomic E-state index is 0.115. The fraction of sp³-hybridized carbons (Fsp3) is 0.692. The van der Waals surface area contributed by atoms with Crippen LogP contribution in [0.4, 0.5) is 0 Å². The van der Waals surface area contributed by atoms with Crippen molar-refractivity contribution in [1.29, 1.82) is 5.26 Å². The summed E-state index contributed by atoms with van der Waals surface area (Å²) < 4.78 is 23.9. The van der Waals surface area contributed by atoms with Gasteiger partial charge in [0.2, 0.25) is 0 Å². The van der Waals surface area contributed by atoms with Crippen LogP contribution in [0.25, 0.3) is 0 Å². The molecule has 1 heterocycles. The van der Waals surface area contributed by atoms with Crippen LogP contribution >= 0.6 is 0 Å². The monoisotopic (exact) mass is 453 g/mol. The zero-order valence-electron chi connectivity index (χ0n) is 20.6. The number of ether oxygens (including phenoxy) is 2. The van der Waals surface area contributed by atoms with Gasteiger partial charge in [0.1, 0.15) is 17.4 Å².